The highest BCUT2D eigenvalue weighted by Crippen LogP contribution is 2.23. The summed E-state index contributed by atoms with van der Waals surface area (Å²) in [4.78, 5) is 12.3. The third-order valence-corrected chi connectivity index (χ3v) is 6.02. The van der Waals surface area contributed by atoms with Gasteiger partial charge in [0.05, 0.1) is 11.9 Å². The summed E-state index contributed by atoms with van der Waals surface area (Å²) in [5.74, 6) is 0.640. The largest absolute Gasteiger partial charge is 0.380 e. The maximum Gasteiger partial charge on any atom is 0.319 e. The summed E-state index contributed by atoms with van der Waals surface area (Å²) in [5.41, 5.74) is 1.68. The molecule has 1 saturated carbocycles. The molecule has 0 spiro atoms. The number of hydrogen-bond donors (Lipinski definition) is 2. The Labute approximate surface area is 140 Å². The number of nitrogens with one attached hydrogen (secondary N) is 2. The fourth-order valence-electron chi connectivity index (χ4n) is 3.04. The number of hydrogen-bond acceptors (Lipinski definition) is 3. The minimum Gasteiger partial charge on any atom is -0.380 e. The molecule has 0 aromatic heterocycles. The average Bonchev–Trinajstić information content (AvgIpc) is 2.56. The molecule has 6 heteroatoms. The van der Waals surface area contributed by atoms with Crippen LogP contribution in [0.4, 0.5) is 10.5 Å². The van der Waals surface area contributed by atoms with E-state index in [9.17, 15) is 9.00 Å². The predicted octanol–water partition coefficient (Wildman–Crippen LogP) is 3.03. The van der Waals surface area contributed by atoms with E-state index in [2.05, 4.69) is 10.6 Å². The molecule has 128 valence electrons. The lowest BCUT2D eigenvalue weighted by molar-refractivity contribution is 0.185. The maximum absolute atomic E-state index is 12.3. The Morgan fingerprint density at radius 1 is 1.30 bits per heavy atom. The number of rotatable bonds is 6. The van der Waals surface area contributed by atoms with Gasteiger partial charge in [0.25, 0.3) is 0 Å². The molecule has 1 aromatic rings. The van der Waals surface area contributed by atoms with Gasteiger partial charge >= 0.3 is 6.03 Å². The van der Waals surface area contributed by atoms with E-state index in [4.69, 9.17) is 4.74 Å². The molecule has 23 heavy (non-hydrogen) atoms. The summed E-state index contributed by atoms with van der Waals surface area (Å²) >= 11 is 0. The third kappa shape index (κ3) is 5.04. The van der Waals surface area contributed by atoms with Crippen molar-refractivity contribution in [1.29, 1.82) is 0 Å². The second-order valence-corrected chi connectivity index (χ2v) is 7.73. The van der Waals surface area contributed by atoms with Crippen LogP contribution in [0.3, 0.4) is 0 Å². The normalized spacial score (nSPS) is 22.3. The van der Waals surface area contributed by atoms with Crippen LogP contribution in [0.15, 0.2) is 24.3 Å². The van der Waals surface area contributed by atoms with E-state index in [0.717, 1.165) is 36.9 Å². The highest BCUT2D eigenvalue weighted by Gasteiger charge is 2.30. The molecule has 0 saturated heterocycles. The first-order valence-corrected chi connectivity index (χ1v) is 9.55. The van der Waals surface area contributed by atoms with Crippen molar-refractivity contribution in [2.75, 3.05) is 18.2 Å². The number of para-hydroxylation sites is 1. The standard InChI is InChI=1S/C17H26N2O3S/c1-3-23(21)16-11-7-6-10-15(16)19-17(20)18-14-9-5-4-8-13(14)12-22-2/h4-5,8-9,15-16H,3,6-7,10-12H2,1-2H3,(H2,18,19,20)/t15-,16+,23-/m0/s1. The Morgan fingerprint density at radius 2 is 2.04 bits per heavy atom. The first-order chi connectivity index (χ1) is 11.2. The first-order valence-electron chi connectivity index (χ1n) is 8.17. The number of carbonyl (C=O) groups excluding carboxylic acids is 1. The van der Waals surface area contributed by atoms with Gasteiger partial charge in [-0.2, -0.15) is 0 Å². The zero-order valence-corrected chi connectivity index (χ0v) is 14.7. The Kier molecular flexibility index (Phi) is 7.05. The molecule has 0 aliphatic heterocycles. The monoisotopic (exact) mass is 338 g/mol. The van der Waals surface area contributed by atoms with Gasteiger partial charge in [0, 0.05) is 41.0 Å². The second kappa shape index (κ2) is 9.03. The molecule has 5 nitrogen and oxygen atoms in total. The molecule has 1 aromatic carbocycles. The molecule has 2 amide bonds. The summed E-state index contributed by atoms with van der Waals surface area (Å²) in [6.07, 6.45) is 3.98. The summed E-state index contributed by atoms with van der Waals surface area (Å²) < 4.78 is 17.3. The van der Waals surface area contributed by atoms with Crippen molar-refractivity contribution in [2.24, 2.45) is 0 Å². The van der Waals surface area contributed by atoms with E-state index in [1.54, 1.807) is 7.11 Å². The molecule has 0 unspecified atom stereocenters. The van der Waals surface area contributed by atoms with Crippen molar-refractivity contribution < 1.29 is 13.7 Å². The van der Waals surface area contributed by atoms with Crippen LogP contribution in [0.2, 0.25) is 0 Å². The summed E-state index contributed by atoms with van der Waals surface area (Å²) in [5, 5.41) is 5.97. The Bertz CT molecular complexity index is 550. The number of ether oxygens (including phenoxy) is 1. The molecule has 0 bridgehead atoms. The van der Waals surface area contributed by atoms with E-state index < -0.39 is 10.8 Å². The van der Waals surface area contributed by atoms with Crippen molar-refractivity contribution >= 4 is 22.5 Å². The van der Waals surface area contributed by atoms with Crippen LogP contribution in [0, 0.1) is 0 Å². The molecular formula is C17H26N2O3S. The summed E-state index contributed by atoms with van der Waals surface area (Å²) in [6.45, 7) is 2.38. The Balaban J connectivity index is 1.99. The van der Waals surface area contributed by atoms with E-state index in [1.807, 2.05) is 31.2 Å². The maximum atomic E-state index is 12.3. The quantitative estimate of drug-likeness (QED) is 0.838. The predicted molar refractivity (Wildman–Crippen MR) is 94.0 cm³/mol. The van der Waals surface area contributed by atoms with Gasteiger partial charge in [0.1, 0.15) is 0 Å². The van der Waals surface area contributed by atoms with Crippen LogP contribution in [0.5, 0.6) is 0 Å². The van der Waals surface area contributed by atoms with Gasteiger partial charge in [-0.15, -0.1) is 0 Å². The molecule has 3 atom stereocenters. The number of benzene rings is 1. The lowest BCUT2D eigenvalue weighted by Crippen LogP contribution is -2.48. The van der Waals surface area contributed by atoms with Crippen molar-refractivity contribution in [3.05, 3.63) is 29.8 Å². The van der Waals surface area contributed by atoms with Crippen LogP contribution >= 0.6 is 0 Å². The molecule has 0 heterocycles. The van der Waals surface area contributed by atoms with Crippen LogP contribution in [0.25, 0.3) is 0 Å². The van der Waals surface area contributed by atoms with Crippen LogP contribution in [-0.2, 0) is 22.1 Å². The van der Waals surface area contributed by atoms with Gasteiger partial charge in [0.15, 0.2) is 0 Å². The topological polar surface area (TPSA) is 67.4 Å². The fraction of sp³-hybridized carbons (Fsp3) is 0.588. The van der Waals surface area contributed by atoms with E-state index in [1.165, 1.54) is 0 Å². The van der Waals surface area contributed by atoms with Gasteiger partial charge in [-0.05, 0) is 18.9 Å². The smallest absolute Gasteiger partial charge is 0.319 e. The number of carbonyl (C=O) groups is 1. The molecule has 0 radical (unpaired) electrons. The van der Waals surface area contributed by atoms with Crippen LogP contribution in [0.1, 0.15) is 38.2 Å². The number of methoxy groups -OCH3 is 1. The van der Waals surface area contributed by atoms with E-state index in [0.29, 0.717) is 12.4 Å². The van der Waals surface area contributed by atoms with Crippen molar-refractivity contribution in [3.8, 4) is 0 Å². The number of amides is 2. The third-order valence-electron chi connectivity index (χ3n) is 4.21. The number of anilines is 1. The molecule has 2 N–H and O–H groups in total. The fourth-order valence-corrected chi connectivity index (χ4v) is 4.47. The highest BCUT2D eigenvalue weighted by molar-refractivity contribution is 7.85. The molecular weight excluding hydrogens is 312 g/mol. The molecule has 1 aliphatic carbocycles. The SMILES string of the molecule is CC[S@](=O)[C@@H]1CCCC[C@@H]1NC(=O)Nc1ccccc1COC. The van der Waals surface area contributed by atoms with Crippen LogP contribution < -0.4 is 10.6 Å². The average molecular weight is 338 g/mol. The van der Waals surface area contributed by atoms with E-state index >= 15 is 0 Å². The zero-order valence-electron chi connectivity index (χ0n) is 13.8. The van der Waals surface area contributed by atoms with Crippen LogP contribution in [-0.4, -0.2) is 34.4 Å². The second-order valence-electron chi connectivity index (χ2n) is 5.79. The van der Waals surface area contributed by atoms with Crippen molar-refractivity contribution in [1.82, 2.24) is 5.32 Å². The first kappa shape index (κ1) is 17.9. The highest BCUT2D eigenvalue weighted by atomic mass is 32.2. The number of urea groups is 1. The van der Waals surface area contributed by atoms with Gasteiger partial charge in [-0.25, -0.2) is 4.79 Å². The molecule has 1 fully saturated rings. The summed E-state index contributed by atoms with van der Waals surface area (Å²) in [6, 6.07) is 7.33. The summed E-state index contributed by atoms with van der Waals surface area (Å²) in [7, 11) is 0.752. The Hall–Kier alpha value is -1.40. The Morgan fingerprint density at radius 3 is 2.78 bits per heavy atom. The van der Waals surface area contributed by atoms with Gasteiger partial charge in [0.2, 0.25) is 0 Å². The minimum atomic E-state index is -0.876. The molecule has 2 rings (SSSR count). The van der Waals surface area contributed by atoms with Crippen molar-refractivity contribution in [2.45, 2.75) is 50.5 Å². The van der Waals surface area contributed by atoms with Gasteiger partial charge in [-0.1, -0.05) is 38.0 Å². The lowest BCUT2D eigenvalue weighted by atomic mass is 9.95. The van der Waals surface area contributed by atoms with Gasteiger partial charge < -0.3 is 15.4 Å². The minimum absolute atomic E-state index is 0.0147. The van der Waals surface area contributed by atoms with Crippen molar-refractivity contribution in [3.63, 3.8) is 0 Å². The zero-order chi connectivity index (χ0) is 16.7. The molecule has 1 aliphatic rings. The lowest BCUT2D eigenvalue weighted by Gasteiger charge is -2.31. The van der Waals surface area contributed by atoms with Gasteiger partial charge in [-0.3, -0.25) is 4.21 Å². The van der Waals surface area contributed by atoms with E-state index in [-0.39, 0.29) is 17.3 Å².